The number of hydrogen-bond acceptors (Lipinski definition) is 8. The smallest absolute Gasteiger partial charge is 0.286 e. The molecule has 1 fully saturated rings. The van der Waals surface area contributed by atoms with Gasteiger partial charge < -0.3 is 25.0 Å². The number of carbonyl (C=O) groups is 3. The van der Waals surface area contributed by atoms with Crippen LogP contribution in [-0.4, -0.2) is 52.7 Å². The van der Waals surface area contributed by atoms with E-state index in [4.69, 9.17) is 9.47 Å². The Kier molecular flexibility index (Phi) is 6.55. The molecule has 2 aromatic carbocycles. The van der Waals surface area contributed by atoms with Crippen molar-refractivity contribution in [2.45, 2.75) is 26.7 Å². The molecule has 0 spiro atoms. The summed E-state index contributed by atoms with van der Waals surface area (Å²) < 4.78 is 10.6. The number of benzene rings is 2. The topological polar surface area (TPSA) is 123 Å². The van der Waals surface area contributed by atoms with Crippen molar-refractivity contribution < 1.29 is 23.9 Å². The van der Waals surface area contributed by atoms with Gasteiger partial charge in [-0.05, 0) is 50.5 Å². The van der Waals surface area contributed by atoms with E-state index in [-0.39, 0.29) is 41.1 Å². The number of anilines is 2. The first-order chi connectivity index (χ1) is 17.4. The summed E-state index contributed by atoms with van der Waals surface area (Å²) in [7, 11) is 0. The average molecular weight is 508 g/mol. The number of likely N-dealkylation sites (tertiary alicyclic amines) is 1. The van der Waals surface area contributed by atoms with Crippen molar-refractivity contribution in [1.29, 1.82) is 0 Å². The fourth-order valence-electron chi connectivity index (χ4n) is 4.26. The lowest BCUT2D eigenvalue weighted by atomic mass is 9.96. The molecule has 1 atom stereocenters. The van der Waals surface area contributed by atoms with E-state index in [0.29, 0.717) is 36.6 Å². The second-order valence-electron chi connectivity index (χ2n) is 8.83. The number of aryl methyl sites for hydroxylation is 2. The first-order valence-corrected chi connectivity index (χ1v) is 12.4. The first-order valence-electron chi connectivity index (χ1n) is 11.6. The van der Waals surface area contributed by atoms with E-state index in [1.165, 1.54) is 0 Å². The minimum atomic E-state index is -0.477. The van der Waals surface area contributed by atoms with Gasteiger partial charge in [0, 0.05) is 30.5 Å². The van der Waals surface area contributed by atoms with Crippen molar-refractivity contribution in [2.75, 3.05) is 30.5 Å². The monoisotopic (exact) mass is 507 g/mol. The molecular formula is C25H25N5O5S. The molecule has 11 heteroatoms. The molecular weight excluding hydrogens is 482 g/mol. The maximum Gasteiger partial charge on any atom is 0.286 e. The van der Waals surface area contributed by atoms with E-state index in [2.05, 4.69) is 20.8 Å². The molecule has 1 aromatic heterocycles. The van der Waals surface area contributed by atoms with Crippen LogP contribution < -0.4 is 20.1 Å². The normalized spacial score (nSPS) is 16.5. The standard InChI is InChI=1S/C25H25N5O5S/c1-14-5-7-18(15(2)10-14)27-21(31)16-4-3-9-30(12-16)25(33)24-29-28-23(36-24)22(32)26-17-6-8-19-20(11-17)35-13-34-19/h5-8,10-11,16H,3-4,9,12-13H2,1-2H3,(H,26,32)(H,27,31)/t16-/m0/s1. The van der Waals surface area contributed by atoms with E-state index in [1.807, 2.05) is 32.0 Å². The highest BCUT2D eigenvalue weighted by Gasteiger charge is 2.31. The van der Waals surface area contributed by atoms with E-state index in [1.54, 1.807) is 23.1 Å². The van der Waals surface area contributed by atoms with E-state index < -0.39 is 5.91 Å². The molecule has 0 aliphatic carbocycles. The largest absolute Gasteiger partial charge is 0.454 e. The van der Waals surface area contributed by atoms with Gasteiger partial charge in [0.25, 0.3) is 11.8 Å². The number of piperidine rings is 1. The van der Waals surface area contributed by atoms with Crippen molar-refractivity contribution in [2.24, 2.45) is 5.92 Å². The maximum atomic E-state index is 13.1. The second kappa shape index (κ2) is 9.94. The molecule has 10 nitrogen and oxygen atoms in total. The van der Waals surface area contributed by atoms with Gasteiger partial charge in [0.15, 0.2) is 11.5 Å². The molecule has 0 radical (unpaired) electrons. The molecule has 1 saturated heterocycles. The summed E-state index contributed by atoms with van der Waals surface area (Å²) >= 11 is 0.921. The Morgan fingerprint density at radius 3 is 2.64 bits per heavy atom. The SMILES string of the molecule is Cc1ccc(NC(=O)[C@H]2CCCN(C(=O)c3nnc(C(=O)Nc4ccc5c(c4)OCO5)s3)C2)c(C)c1. The van der Waals surface area contributed by atoms with E-state index in [0.717, 1.165) is 28.2 Å². The summed E-state index contributed by atoms with van der Waals surface area (Å²) in [5, 5.41) is 13.7. The van der Waals surface area contributed by atoms with Crippen molar-refractivity contribution in [3.8, 4) is 11.5 Å². The molecule has 5 rings (SSSR count). The Bertz CT molecular complexity index is 1340. The van der Waals surface area contributed by atoms with Gasteiger partial charge in [-0.3, -0.25) is 14.4 Å². The highest BCUT2D eigenvalue weighted by Crippen LogP contribution is 2.34. The molecule has 3 aromatic rings. The highest BCUT2D eigenvalue weighted by atomic mass is 32.1. The van der Waals surface area contributed by atoms with E-state index in [9.17, 15) is 14.4 Å². The van der Waals surface area contributed by atoms with Crippen LogP contribution >= 0.6 is 11.3 Å². The summed E-state index contributed by atoms with van der Waals surface area (Å²) in [5.74, 6) is -0.0967. The minimum Gasteiger partial charge on any atom is -0.454 e. The minimum absolute atomic E-state index is 0.0668. The Balaban J connectivity index is 1.21. The Morgan fingerprint density at radius 2 is 1.81 bits per heavy atom. The summed E-state index contributed by atoms with van der Waals surface area (Å²) in [6.07, 6.45) is 1.40. The van der Waals surface area contributed by atoms with Gasteiger partial charge in [-0.25, -0.2) is 0 Å². The highest BCUT2D eigenvalue weighted by molar-refractivity contribution is 7.15. The second-order valence-corrected chi connectivity index (χ2v) is 9.81. The Morgan fingerprint density at radius 1 is 1.00 bits per heavy atom. The van der Waals surface area contributed by atoms with Crippen LogP contribution in [0.3, 0.4) is 0 Å². The lowest BCUT2D eigenvalue weighted by molar-refractivity contribution is -0.121. The van der Waals surface area contributed by atoms with Crippen LogP contribution in [0.4, 0.5) is 11.4 Å². The predicted octanol–water partition coefficient (Wildman–Crippen LogP) is 3.63. The van der Waals surface area contributed by atoms with Gasteiger partial charge in [-0.1, -0.05) is 29.0 Å². The summed E-state index contributed by atoms with van der Waals surface area (Å²) in [6.45, 7) is 4.90. The third kappa shape index (κ3) is 5.01. The lowest BCUT2D eigenvalue weighted by Gasteiger charge is -2.31. The van der Waals surface area contributed by atoms with Gasteiger partial charge in [0.1, 0.15) is 0 Å². The zero-order valence-corrected chi connectivity index (χ0v) is 20.7. The lowest BCUT2D eigenvalue weighted by Crippen LogP contribution is -2.43. The van der Waals surface area contributed by atoms with Gasteiger partial charge in [-0.2, -0.15) is 0 Å². The summed E-state index contributed by atoms with van der Waals surface area (Å²) in [6, 6.07) is 10.9. The maximum absolute atomic E-state index is 13.1. The fourth-order valence-corrected chi connectivity index (χ4v) is 4.97. The molecule has 36 heavy (non-hydrogen) atoms. The van der Waals surface area contributed by atoms with Crippen LogP contribution in [0.5, 0.6) is 11.5 Å². The van der Waals surface area contributed by atoms with Crippen molar-refractivity contribution in [3.63, 3.8) is 0 Å². The molecule has 3 amide bonds. The third-order valence-electron chi connectivity index (χ3n) is 6.15. The molecule has 0 unspecified atom stereocenters. The summed E-state index contributed by atoms with van der Waals surface area (Å²) in [4.78, 5) is 40.2. The molecule has 186 valence electrons. The predicted molar refractivity (Wildman–Crippen MR) is 134 cm³/mol. The molecule has 2 N–H and O–H groups in total. The number of amides is 3. The molecule has 2 aliphatic rings. The van der Waals surface area contributed by atoms with E-state index >= 15 is 0 Å². The van der Waals surface area contributed by atoms with Crippen molar-refractivity contribution >= 4 is 40.4 Å². The number of nitrogens with zero attached hydrogens (tertiary/aromatic N) is 3. The number of aromatic nitrogens is 2. The molecule has 2 aliphatic heterocycles. The number of fused-ring (bicyclic) bond motifs is 1. The van der Waals surface area contributed by atoms with Crippen LogP contribution in [0.2, 0.25) is 0 Å². The van der Waals surface area contributed by atoms with Crippen LogP contribution in [0.15, 0.2) is 36.4 Å². The van der Waals surface area contributed by atoms with Crippen LogP contribution in [0, 0.1) is 19.8 Å². The Labute approximate surface area is 211 Å². The molecule has 0 bridgehead atoms. The van der Waals surface area contributed by atoms with Gasteiger partial charge >= 0.3 is 0 Å². The quantitative estimate of drug-likeness (QED) is 0.541. The van der Waals surface area contributed by atoms with Gasteiger partial charge in [0.2, 0.25) is 22.7 Å². The number of carbonyl (C=O) groups excluding carboxylic acids is 3. The van der Waals surface area contributed by atoms with Gasteiger partial charge in [0.05, 0.1) is 5.92 Å². The number of ether oxygens (including phenoxy) is 2. The number of nitrogens with one attached hydrogen (secondary N) is 2. The molecule has 3 heterocycles. The van der Waals surface area contributed by atoms with Crippen LogP contribution in [-0.2, 0) is 4.79 Å². The number of rotatable bonds is 5. The summed E-state index contributed by atoms with van der Waals surface area (Å²) in [5.41, 5.74) is 3.41. The van der Waals surface area contributed by atoms with Crippen LogP contribution in [0.25, 0.3) is 0 Å². The van der Waals surface area contributed by atoms with Gasteiger partial charge in [-0.15, -0.1) is 10.2 Å². The molecule has 0 saturated carbocycles. The zero-order chi connectivity index (χ0) is 25.2. The number of hydrogen-bond donors (Lipinski definition) is 2. The third-order valence-corrected chi connectivity index (χ3v) is 7.06. The average Bonchev–Trinajstić information content (AvgIpc) is 3.55. The fraction of sp³-hybridized carbons (Fsp3) is 0.320. The zero-order valence-electron chi connectivity index (χ0n) is 19.9. The first kappa shape index (κ1) is 23.7. The Hall–Kier alpha value is -3.99. The van der Waals surface area contributed by atoms with Crippen LogP contribution in [0.1, 0.15) is 43.6 Å². The van der Waals surface area contributed by atoms with Crippen molar-refractivity contribution in [3.05, 3.63) is 57.5 Å². The van der Waals surface area contributed by atoms with Crippen molar-refractivity contribution in [1.82, 2.24) is 15.1 Å².